The summed E-state index contributed by atoms with van der Waals surface area (Å²) in [5.74, 6) is -0.0822. The number of Topliss-reactive ketones (excluding diaryl/α,β-unsaturated/α-hetero) is 1. The summed E-state index contributed by atoms with van der Waals surface area (Å²) >= 11 is 0. The number of carbonyl (C=O) groups is 1. The Hall–Kier alpha value is -2.48. The Bertz CT molecular complexity index is 819. The fourth-order valence-electron chi connectivity index (χ4n) is 2.83. The van der Waals surface area contributed by atoms with Crippen LogP contribution in [0.4, 0.5) is 4.39 Å². The van der Waals surface area contributed by atoms with Gasteiger partial charge in [0.15, 0.2) is 0 Å². The summed E-state index contributed by atoms with van der Waals surface area (Å²) in [6.45, 7) is 1.61. The fourth-order valence-corrected chi connectivity index (χ4v) is 2.83. The Balaban J connectivity index is 2.10. The van der Waals surface area contributed by atoms with Crippen molar-refractivity contribution >= 4 is 16.6 Å². The third-order valence-corrected chi connectivity index (χ3v) is 3.87. The molecule has 3 rings (SSSR count). The zero-order valence-electron chi connectivity index (χ0n) is 12.5. The molecule has 3 aromatic rings. The van der Waals surface area contributed by atoms with Crippen molar-refractivity contribution in [3.63, 3.8) is 0 Å². The third-order valence-electron chi connectivity index (χ3n) is 3.87. The summed E-state index contributed by atoms with van der Waals surface area (Å²) in [6.07, 6.45) is 1.13. The molecule has 0 heterocycles. The lowest BCUT2D eigenvalue weighted by molar-refractivity contribution is -0.116. The Kier molecular flexibility index (Phi) is 4.01. The maximum absolute atomic E-state index is 13.1. The fraction of sp³-hybridized carbons (Fsp3) is 0.150. The van der Waals surface area contributed by atoms with E-state index in [-0.39, 0.29) is 11.6 Å². The standard InChI is InChI=1S/C20H17FO/c1-14(22)12-17-9-8-16-4-2-3-5-19(16)20(17)13-15-6-10-18(21)11-7-15/h2-11H,12-13H2,1H3. The molecule has 0 aliphatic rings. The highest BCUT2D eigenvalue weighted by molar-refractivity contribution is 5.89. The number of hydrogen-bond acceptors (Lipinski definition) is 1. The number of carbonyl (C=O) groups excluding carboxylic acids is 1. The third kappa shape index (κ3) is 3.06. The molecule has 0 amide bonds. The molecule has 0 fully saturated rings. The van der Waals surface area contributed by atoms with Crippen molar-refractivity contribution in [2.75, 3.05) is 0 Å². The molecule has 0 N–H and O–H groups in total. The molecule has 2 heteroatoms. The molecule has 0 aromatic heterocycles. The molecular formula is C20H17FO. The summed E-state index contributed by atoms with van der Waals surface area (Å²) in [5.41, 5.74) is 3.25. The minimum atomic E-state index is -0.231. The van der Waals surface area contributed by atoms with Crippen LogP contribution in [0, 0.1) is 5.82 Å². The van der Waals surface area contributed by atoms with E-state index in [1.54, 1.807) is 19.1 Å². The van der Waals surface area contributed by atoms with Crippen molar-refractivity contribution in [3.8, 4) is 0 Å². The van der Waals surface area contributed by atoms with Crippen molar-refractivity contribution in [3.05, 3.63) is 83.2 Å². The van der Waals surface area contributed by atoms with E-state index in [9.17, 15) is 9.18 Å². The van der Waals surface area contributed by atoms with E-state index in [1.165, 1.54) is 12.1 Å². The van der Waals surface area contributed by atoms with E-state index in [0.717, 1.165) is 27.5 Å². The molecule has 0 saturated heterocycles. The van der Waals surface area contributed by atoms with Crippen molar-refractivity contribution < 1.29 is 9.18 Å². The molecule has 110 valence electrons. The number of hydrogen-bond donors (Lipinski definition) is 0. The van der Waals surface area contributed by atoms with Crippen LogP contribution in [0.5, 0.6) is 0 Å². The van der Waals surface area contributed by atoms with Crippen molar-refractivity contribution in [1.82, 2.24) is 0 Å². The van der Waals surface area contributed by atoms with Gasteiger partial charge in [0.05, 0.1) is 0 Å². The minimum Gasteiger partial charge on any atom is -0.300 e. The topological polar surface area (TPSA) is 17.1 Å². The van der Waals surface area contributed by atoms with E-state index in [4.69, 9.17) is 0 Å². The Labute approximate surface area is 129 Å². The summed E-state index contributed by atoms with van der Waals surface area (Å²) in [7, 11) is 0. The van der Waals surface area contributed by atoms with Gasteiger partial charge in [-0.25, -0.2) is 4.39 Å². The zero-order valence-corrected chi connectivity index (χ0v) is 12.5. The van der Waals surface area contributed by atoms with Gasteiger partial charge in [-0.3, -0.25) is 4.79 Å². The van der Waals surface area contributed by atoms with E-state index in [1.807, 2.05) is 18.2 Å². The second-order valence-corrected chi connectivity index (χ2v) is 5.61. The average Bonchev–Trinajstić information content (AvgIpc) is 2.51. The van der Waals surface area contributed by atoms with Gasteiger partial charge in [0.2, 0.25) is 0 Å². The number of rotatable bonds is 4. The van der Waals surface area contributed by atoms with Gasteiger partial charge in [0.25, 0.3) is 0 Å². The summed E-state index contributed by atoms with van der Waals surface area (Å²) < 4.78 is 13.1. The first-order valence-electron chi connectivity index (χ1n) is 7.37. The SMILES string of the molecule is CC(=O)Cc1ccc2ccccc2c1Cc1ccc(F)cc1. The summed E-state index contributed by atoms with van der Waals surface area (Å²) in [6, 6.07) is 18.8. The van der Waals surface area contributed by atoms with Crippen molar-refractivity contribution in [2.24, 2.45) is 0 Å². The predicted octanol–water partition coefficient (Wildman–Crippen LogP) is 4.70. The van der Waals surface area contributed by atoms with Gasteiger partial charge in [-0.05, 0) is 52.9 Å². The van der Waals surface area contributed by atoms with Gasteiger partial charge in [0, 0.05) is 6.42 Å². The first kappa shape index (κ1) is 14.5. The second-order valence-electron chi connectivity index (χ2n) is 5.61. The molecule has 22 heavy (non-hydrogen) atoms. The van der Waals surface area contributed by atoms with Crippen LogP contribution < -0.4 is 0 Å². The molecule has 0 radical (unpaired) electrons. The maximum atomic E-state index is 13.1. The van der Waals surface area contributed by atoms with Gasteiger partial charge < -0.3 is 0 Å². The monoisotopic (exact) mass is 292 g/mol. The number of fused-ring (bicyclic) bond motifs is 1. The van der Waals surface area contributed by atoms with Gasteiger partial charge >= 0.3 is 0 Å². The van der Waals surface area contributed by atoms with Crippen LogP contribution in [0.3, 0.4) is 0 Å². The van der Waals surface area contributed by atoms with E-state index < -0.39 is 0 Å². The lowest BCUT2D eigenvalue weighted by Gasteiger charge is -2.13. The quantitative estimate of drug-likeness (QED) is 0.681. The molecule has 3 aromatic carbocycles. The van der Waals surface area contributed by atoms with Crippen LogP contribution >= 0.6 is 0 Å². The summed E-state index contributed by atoms with van der Waals surface area (Å²) in [5, 5.41) is 2.32. The van der Waals surface area contributed by atoms with Gasteiger partial charge in [-0.2, -0.15) is 0 Å². The normalized spacial score (nSPS) is 10.8. The van der Waals surface area contributed by atoms with Crippen LogP contribution in [0.15, 0.2) is 60.7 Å². The van der Waals surface area contributed by atoms with E-state index in [0.29, 0.717) is 12.8 Å². The van der Waals surface area contributed by atoms with E-state index >= 15 is 0 Å². The van der Waals surface area contributed by atoms with Crippen LogP contribution in [0.2, 0.25) is 0 Å². The maximum Gasteiger partial charge on any atom is 0.134 e. The molecule has 0 aliphatic heterocycles. The Morgan fingerprint density at radius 2 is 1.68 bits per heavy atom. The molecule has 1 nitrogen and oxygen atoms in total. The molecule has 0 aliphatic carbocycles. The van der Waals surface area contributed by atoms with Gasteiger partial charge in [-0.15, -0.1) is 0 Å². The molecule has 0 spiro atoms. The van der Waals surface area contributed by atoms with Crippen LogP contribution in [-0.4, -0.2) is 5.78 Å². The zero-order chi connectivity index (χ0) is 15.5. The number of halogens is 1. The van der Waals surface area contributed by atoms with Crippen LogP contribution in [0.25, 0.3) is 10.8 Å². The lowest BCUT2D eigenvalue weighted by atomic mass is 9.91. The lowest BCUT2D eigenvalue weighted by Crippen LogP contribution is -2.03. The number of ketones is 1. The Morgan fingerprint density at radius 1 is 0.955 bits per heavy atom. The highest BCUT2D eigenvalue weighted by Crippen LogP contribution is 2.26. The minimum absolute atomic E-state index is 0.149. The van der Waals surface area contributed by atoms with Crippen LogP contribution in [-0.2, 0) is 17.6 Å². The molecule has 0 saturated carbocycles. The van der Waals surface area contributed by atoms with Crippen LogP contribution in [0.1, 0.15) is 23.6 Å². The van der Waals surface area contributed by atoms with Gasteiger partial charge in [-0.1, -0.05) is 48.5 Å². The number of benzene rings is 3. The van der Waals surface area contributed by atoms with Crippen molar-refractivity contribution in [1.29, 1.82) is 0 Å². The molecular weight excluding hydrogens is 275 g/mol. The van der Waals surface area contributed by atoms with Crippen molar-refractivity contribution in [2.45, 2.75) is 19.8 Å². The molecule has 0 bridgehead atoms. The highest BCUT2D eigenvalue weighted by atomic mass is 19.1. The average molecular weight is 292 g/mol. The Morgan fingerprint density at radius 3 is 2.41 bits per heavy atom. The molecule has 0 unspecified atom stereocenters. The predicted molar refractivity (Wildman–Crippen MR) is 87.5 cm³/mol. The first-order chi connectivity index (χ1) is 10.6. The first-order valence-corrected chi connectivity index (χ1v) is 7.37. The smallest absolute Gasteiger partial charge is 0.134 e. The molecule has 0 atom stereocenters. The van der Waals surface area contributed by atoms with E-state index in [2.05, 4.69) is 18.2 Å². The van der Waals surface area contributed by atoms with Gasteiger partial charge in [0.1, 0.15) is 11.6 Å². The highest BCUT2D eigenvalue weighted by Gasteiger charge is 2.10. The summed E-state index contributed by atoms with van der Waals surface area (Å²) in [4.78, 5) is 11.5. The second kappa shape index (κ2) is 6.10. The largest absolute Gasteiger partial charge is 0.300 e.